The zero-order chi connectivity index (χ0) is 17.3. The third-order valence-electron chi connectivity index (χ3n) is 5.55. The van der Waals surface area contributed by atoms with Crippen LogP contribution in [0.25, 0.3) is 0 Å². The van der Waals surface area contributed by atoms with E-state index in [4.69, 9.17) is 11.6 Å². The normalized spacial score (nSPS) is 22.4. The van der Waals surface area contributed by atoms with E-state index >= 15 is 0 Å². The second-order valence-corrected chi connectivity index (χ2v) is 7.40. The summed E-state index contributed by atoms with van der Waals surface area (Å²) in [5, 5.41) is 3.52. The molecule has 0 unspecified atom stereocenters. The minimum atomic E-state index is -0.415. The number of likely N-dealkylation sites (tertiary alicyclic amines) is 1. The summed E-state index contributed by atoms with van der Waals surface area (Å²) >= 11 is 6.19. The summed E-state index contributed by atoms with van der Waals surface area (Å²) in [6.07, 6.45) is 2.51. The van der Waals surface area contributed by atoms with Gasteiger partial charge in [-0.2, -0.15) is 0 Å². The van der Waals surface area contributed by atoms with Crippen LogP contribution in [0.15, 0.2) is 12.1 Å². The largest absolute Gasteiger partial charge is 0.354 e. The Labute approximate surface area is 147 Å². The van der Waals surface area contributed by atoms with Crippen LogP contribution in [0.3, 0.4) is 0 Å². The fourth-order valence-corrected chi connectivity index (χ4v) is 4.05. The van der Waals surface area contributed by atoms with Gasteiger partial charge in [-0.15, -0.1) is 0 Å². The first-order valence-electron chi connectivity index (χ1n) is 8.59. The van der Waals surface area contributed by atoms with E-state index in [1.165, 1.54) is 0 Å². The Morgan fingerprint density at radius 3 is 2.71 bits per heavy atom. The molecule has 1 aromatic carbocycles. The number of halogens is 2. The lowest BCUT2D eigenvalue weighted by atomic mass is 9.85. The molecule has 1 spiro atoms. The van der Waals surface area contributed by atoms with Crippen molar-refractivity contribution in [3.8, 4) is 0 Å². The van der Waals surface area contributed by atoms with Crippen molar-refractivity contribution >= 4 is 17.5 Å². The molecule has 0 aromatic heterocycles. The van der Waals surface area contributed by atoms with Crippen LogP contribution in [-0.2, 0) is 11.3 Å². The number of aryl methyl sites for hydroxylation is 1. The second-order valence-electron chi connectivity index (χ2n) is 7.00. The van der Waals surface area contributed by atoms with Crippen LogP contribution in [0, 0.1) is 12.7 Å². The maximum atomic E-state index is 14.4. The molecule has 2 saturated heterocycles. The SMILES string of the molecule is Cc1ccc(Cl)c(CN2CCC3(CC2)C(=O)NCCCN3C)c1F. The van der Waals surface area contributed by atoms with Crippen molar-refractivity contribution in [2.24, 2.45) is 0 Å². The van der Waals surface area contributed by atoms with E-state index in [1.54, 1.807) is 19.1 Å². The Balaban J connectivity index is 1.71. The molecule has 0 atom stereocenters. The molecule has 2 fully saturated rings. The van der Waals surface area contributed by atoms with E-state index < -0.39 is 5.54 Å². The highest BCUT2D eigenvalue weighted by Crippen LogP contribution is 2.32. The molecular weight excluding hydrogens is 329 g/mol. The molecule has 24 heavy (non-hydrogen) atoms. The predicted molar refractivity (Wildman–Crippen MR) is 93.6 cm³/mol. The zero-order valence-corrected chi connectivity index (χ0v) is 15.1. The lowest BCUT2D eigenvalue weighted by Gasteiger charge is -2.45. The lowest BCUT2D eigenvalue weighted by Crippen LogP contribution is -2.60. The van der Waals surface area contributed by atoms with Crippen LogP contribution >= 0.6 is 11.6 Å². The van der Waals surface area contributed by atoms with Crippen molar-refractivity contribution in [2.45, 2.75) is 38.3 Å². The number of hydrogen-bond donors (Lipinski definition) is 1. The minimum absolute atomic E-state index is 0.141. The average Bonchev–Trinajstić information content (AvgIpc) is 2.71. The monoisotopic (exact) mass is 353 g/mol. The van der Waals surface area contributed by atoms with Gasteiger partial charge in [-0.25, -0.2) is 4.39 Å². The zero-order valence-electron chi connectivity index (χ0n) is 14.4. The van der Waals surface area contributed by atoms with Gasteiger partial charge in [0, 0.05) is 43.3 Å². The van der Waals surface area contributed by atoms with Gasteiger partial charge in [0.05, 0.1) is 0 Å². The third-order valence-corrected chi connectivity index (χ3v) is 5.91. The quantitative estimate of drug-likeness (QED) is 0.887. The molecule has 2 aliphatic rings. The van der Waals surface area contributed by atoms with Gasteiger partial charge < -0.3 is 5.32 Å². The molecule has 1 aromatic rings. The van der Waals surface area contributed by atoms with Crippen LogP contribution in [0.4, 0.5) is 4.39 Å². The Bertz CT molecular complexity index is 629. The van der Waals surface area contributed by atoms with Crippen molar-refractivity contribution in [3.05, 3.63) is 34.1 Å². The number of hydrogen-bond acceptors (Lipinski definition) is 3. The molecule has 132 valence electrons. The fraction of sp³-hybridized carbons (Fsp3) is 0.611. The summed E-state index contributed by atoms with van der Waals surface area (Å²) in [6.45, 7) is 5.46. The highest BCUT2D eigenvalue weighted by atomic mass is 35.5. The molecule has 1 N–H and O–H groups in total. The minimum Gasteiger partial charge on any atom is -0.354 e. The summed E-state index contributed by atoms with van der Waals surface area (Å²) in [6, 6.07) is 3.46. The molecular formula is C18H25ClFN3O. The first-order chi connectivity index (χ1) is 11.4. The number of nitrogens with zero attached hydrogens (tertiary/aromatic N) is 2. The molecule has 0 aliphatic carbocycles. The maximum absolute atomic E-state index is 14.4. The number of rotatable bonds is 2. The van der Waals surface area contributed by atoms with Gasteiger partial charge in [0.2, 0.25) is 5.91 Å². The number of carbonyl (C=O) groups excluding carboxylic acids is 1. The first kappa shape index (κ1) is 17.6. The number of piperidine rings is 1. The van der Waals surface area contributed by atoms with Crippen molar-refractivity contribution in [1.29, 1.82) is 0 Å². The Morgan fingerprint density at radius 2 is 2.00 bits per heavy atom. The molecule has 3 rings (SSSR count). The number of nitrogens with one attached hydrogen (secondary N) is 1. The van der Waals surface area contributed by atoms with E-state index in [2.05, 4.69) is 15.1 Å². The molecule has 1 amide bonds. The number of carbonyl (C=O) groups is 1. The van der Waals surface area contributed by atoms with Gasteiger partial charge in [-0.3, -0.25) is 14.6 Å². The van der Waals surface area contributed by atoms with Crippen LogP contribution in [0.1, 0.15) is 30.4 Å². The molecule has 6 heteroatoms. The Kier molecular flexibility index (Phi) is 5.13. The highest BCUT2D eigenvalue weighted by molar-refractivity contribution is 6.31. The van der Waals surface area contributed by atoms with E-state index in [-0.39, 0.29) is 11.7 Å². The van der Waals surface area contributed by atoms with Crippen molar-refractivity contribution in [1.82, 2.24) is 15.1 Å². The molecule has 0 bridgehead atoms. The first-order valence-corrected chi connectivity index (χ1v) is 8.97. The van der Waals surface area contributed by atoms with Crippen LogP contribution in [0.2, 0.25) is 5.02 Å². The number of likely N-dealkylation sites (N-methyl/N-ethyl adjacent to an activating group) is 1. The van der Waals surface area contributed by atoms with Gasteiger partial charge >= 0.3 is 0 Å². The van der Waals surface area contributed by atoms with Gasteiger partial charge in [-0.05, 0) is 44.9 Å². The standard InChI is InChI=1S/C18H25ClFN3O/c1-13-4-5-15(19)14(16(13)20)12-23-10-6-18(7-11-23)17(24)21-8-3-9-22(18)2/h4-5H,3,6-12H2,1-2H3,(H,21,24). The molecule has 2 aliphatic heterocycles. The summed E-state index contributed by atoms with van der Waals surface area (Å²) < 4.78 is 14.4. The topological polar surface area (TPSA) is 35.6 Å². The molecule has 0 saturated carbocycles. The van der Waals surface area contributed by atoms with E-state index in [0.29, 0.717) is 22.7 Å². The van der Waals surface area contributed by atoms with Crippen LogP contribution in [0.5, 0.6) is 0 Å². The molecule has 0 radical (unpaired) electrons. The van der Waals surface area contributed by atoms with Crippen molar-refractivity contribution < 1.29 is 9.18 Å². The van der Waals surface area contributed by atoms with Crippen molar-refractivity contribution in [3.63, 3.8) is 0 Å². The van der Waals surface area contributed by atoms with E-state index in [9.17, 15) is 9.18 Å². The number of amides is 1. The summed E-state index contributed by atoms with van der Waals surface area (Å²) in [5.41, 5.74) is 0.763. The van der Waals surface area contributed by atoms with Gasteiger partial charge in [0.1, 0.15) is 11.4 Å². The third kappa shape index (κ3) is 3.17. The molecule has 4 nitrogen and oxygen atoms in total. The lowest BCUT2D eigenvalue weighted by molar-refractivity contribution is -0.134. The van der Waals surface area contributed by atoms with Gasteiger partial charge in [0.15, 0.2) is 0 Å². The summed E-state index contributed by atoms with van der Waals surface area (Å²) in [5.74, 6) is -0.0750. The second kappa shape index (κ2) is 6.98. The summed E-state index contributed by atoms with van der Waals surface area (Å²) in [4.78, 5) is 17.0. The Morgan fingerprint density at radius 1 is 1.29 bits per heavy atom. The maximum Gasteiger partial charge on any atom is 0.240 e. The Hall–Kier alpha value is -1.17. The average molecular weight is 354 g/mol. The summed E-state index contributed by atoms with van der Waals surface area (Å²) in [7, 11) is 2.04. The van der Waals surface area contributed by atoms with Crippen molar-refractivity contribution in [2.75, 3.05) is 33.2 Å². The van der Waals surface area contributed by atoms with Gasteiger partial charge in [-0.1, -0.05) is 17.7 Å². The predicted octanol–water partition coefficient (Wildman–Crippen LogP) is 2.57. The molecule has 2 heterocycles. The van der Waals surface area contributed by atoms with Gasteiger partial charge in [0.25, 0.3) is 0 Å². The highest BCUT2D eigenvalue weighted by Gasteiger charge is 2.45. The fourth-order valence-electron chi connectivity index (χ4n) is 3.84. The van der Waals surface area contributed by atoms with E-state index in [0.717, 1.165) is 45.4 Å². The smallest absolute Gasteiger partial charge is 0.240 e. The van der Waals surface area contributed by atoms with E-state index in [1.807, 2.05) is 7.05 Å². The number of benzene rings is 1. The van der Waals surface area contributed by atoms with Crippen LogP contribution in [-0.4, -0.2) is 54.5 Å². The van der Waals surface area contributed by atoms with Crippen LogP contribution < -0.4 is 5.32 Å².